The molecule has 4 heteroatoms. The first-order valence-corrected chi connectivity index (χ1v) is 17.3. The number of hydrogen-bond donors (Lipinski definition) is 0. The third kappa shape index (κ3) is 4.23. The normalized spacial score (nSPS) is 11.9. The van der Waals surface area contributed by atoms with Crippen LogP contribution in [0.25, 0.3) is 105 Å². The summed E-state index contributed by atoms with van der Waals surface area (Å²) in [5.74, 6) is 1.96. The van der Waals surface area contributed by atoms with E-state index < -0.39 is 0 Å². The first kappa shape index (κ1) is 28.0. The Labute approximate surface area is 294 Å². The molecule has 2 heterocycles. The Bertz CT molecular complexity index is 2980. The molecular weight excluding hydrogens is 621 g/mol. The van der Waals surface area contributed by atoms with Crippen molar-refractivity contribution in [2.24, 2.45) is 0 Å². The van der Waals surface area contributed by atoms with E-state index in [1.54, 1.807) is 0 Å². The summed E-state index contributed by atoms with van der Waals surface area (Å²) in [5, 5.41) is 7.35. The molecule has 0 saturated carbocycles. The molecule has 0 fully saturated rings. The zero-order valence-electron chi connectivity index (χ0n) is 27.5. The van der Waals surface area contributed by atoms with Crippen molar-refractivity contribution in [3.05, 3.63) is 170 Å². The Kier molecular flexibility index (Phi) is 5.92. The standard InChI is InChI=1S/C47H28N4/c1-2-11-29(12-3-1)45-48-46(50-47(49-45)40-26-25-39-35-16-7-6-15-34(35)37-18-10-19-38(40)44(37)39)30-21-23-33(24-22-30)51-42-20-9-8-17-36(42)41-27-31-13-4-5-14-32(31)28-43(41)51/h1-28H. The van der Waals surface area contributed by atoms with Gasteiger partial charge in [-0.05, 0) is 92.3 Å². The van der Waals surface area contributed by atoms with Crippen LogP contribution in [0.1, 0.15) is 0 Å². The van der Waals surface area contributed by atoms with Crippen molar-refractivity contribution in [3.63, 3.8) is 0 Å². The van der Waals surface area contributed by atoms with E-state index in [1.165, 1.54) is 60.2 Å². The van der Waals surface area contributed by atoms with Gasteiger partial charge in [-0.1, -0.05) is 121 Å². The van der Waals surface area contributed by atoms with E-state index in [0.717, 1.165) is 27.8 Å². The maximum Gasteiger partial charge on any atom is 0.164 e. The van der Waals surface area contributed by atoms with Gasteiger partial charge in [-0.2, -0.15) is 0 Å². The van der Waals surface area contributed by atoms with Crippen molar-refractivity contribution in [1.82, 2.24) is 19.5 Å². The van der Waals surface area contributed by atoms with Crippen LogP contribution in [0.4, 0.5) is 0 Å². The molecule has 0 bridgehead atoms. The van der Waals surface area contributed by atoms with Crippen LogP contribution in [0.3, 0.4) is 0 Å². The van der Waals surface area contributed by atoms with Crippen LogP contribution in [-0.4, -0.2) is 19.5 Å². The van der Waals surface area contributed by atoms with E-state index in [-0.39, 0.29) is 0 Å². The van der Waals surface area contributed by atoms with Gasteiger partial charge in [-0.25, -0.2) is 15.0 Å². The van der Waals surface area contributed by atoms with Crippen molar-refractivity contribution in [1.29, 1.82) is 0 Å². The van der Waals surface area contributed by atoms with Crippen molar-refractivity contribution >= 4 is 43.4 Å². The molecule has 10 aromatic rings. The molecule has 0 N–H and O–H groups in total. The van der Waals surface area contributed by atoms with Gasteiger partial charge in [0.2, 0.25) is 0 Å². The second-order valence-corrected chi connectivity index (χ2v) is 13.2. The van der Waals surface area contributed by atoms with E-state index in [2.05, 4.69) is 156 Å². The topological polar surface area (TPSA) is 43.6 Å². The average Bonchev–Trinajstić information content (AvgIpc) is 3.70. The lowest BCUT2D eigenvalue weighted by Crippen LogP contribution is -2.01. The van der Waals surface area contributed by atoms with E-state index in [1.807, 2.05) is 18.2 Å². The summed E-state index contributed by atoms with van der Waals surface area (Å²) >= 11 is 0. The molecule has 2 aromatic heterocycles. The van der Waals surface area contributed by atoms with Gasteiger partial charge in [0.25, 0.3) is 0 Å². The predicted molar refractivity (Wildman–Crippen MR) is 210 cm³/mol. The van der Waals surface area contributed by atoms with E-state index in [4.69, 9.17) is 15.0 Å². The lowest BCUT2D eigenvalue weighted by Gasteiger charge is -2.12. The molecule has 0 aliphatic heterocycles. The van der Waals surface area contributed by atoms with Gasteiger partial charge >= 0.3 is 0 Å². The van der Waals surface area contributed by atoms with Gasteiger partial charge in [0, 0.05) is 33.2 Å². The molecule has 0 saturated heterocycles. The summed E-state index contributed by atoms with van der Waals surface area (Å²) in [6.07, 6.45) is 0. The number of benzene rings is 8. The third-order valence-corrected chi connectivity index (χ3v) is 10.4. The molecular formula is C47H28N4. The quantitative estimate of drug-likeness (QED) is 0.191. The van der Waals surface area contributed by atoms with E-state index in [9.17, 15) is 0 Å². The van der Waals surface area contributed by atoms with Crippen LogP contribution in [0.5, 0.6) is 0 Å². The largest absolute Gasteiger partial charge is 0.309 e. The van der Waals surface area contributed by atoms with Crippen molar-refractivity contribution in [2.75, 3.05) is 0 Å². The van der Waals surface area contributed by atoms with Crippen LogP contribution in [0, 0.1) is 0 Å². The highest BCUT2D eigenvalue weighted by Gasteiger charge is 2.24. The zero-order valence-corrected chi connectivity index (χ0v) is 27.5. The fourth-order valence-corrected chi connectivity index (χ4v) is 8.04. The number of nitrogens with zero attached hydrogens (tertiary/aromatic N) is 4. The van der Waals surface area contributed by atoms with Crippen molar-refractivity contribution in [3.8, 4) is 62.1 Å². The van der Waals surface area contributed by atoms with Gasteiger partial charge in [0.15, 0.2) is 17.5 Å². The van der Waals surface area contributed by atoms with Crippen molar-refractivity contribution in [2.45, 2.75) is 0 Å². The summed E-state index contributed by atoms with van der Waals surface area (Å²) in [6, 6.07) is 60.3. The number of rotatable bonds is 4. The molecule has 0 radical (unpaired) electrons. The minimum Gasteiger partial charge on any atom is -0.309 e. The molecule has 0 spiro atoms. The van der Waals surface area contributed by atoms with Gasteiger partial charge in [-0.3, -0.25) is 0 Å². The lowest BCUT2D eigenvalue weighted by molar-refractivity contribution is 1.07. The molecule has 4 nitrogen and oxygen atoms in total. The molecule has 11 rings (SSSR count). The van der Waals surface area contributed by atoms with Crippen LogP contribution >= 0.6 is 0 Å². The molecule has 0 amide bonds. The second kappa shape index (κ2) is 10.8. The Hall–Kier alpha value is -6.91. The summed E-state index contributed by atoms with van der Waals surface area (Å²) in [7, 11) is 0. The molecule has 0 atom stereocenters. The third-order valence-electron chi connectivity index (χ3n) is 10.4. The smallest absolute Gasteiger partial charge is 0.164 e. The lowest BCUT2D eigenvalue weighted by atomic mass is 9.98. The highest BCUT2D eigenvalue weighted by Crippen LogP contribution is 2.49. The Balaban J connectivity index is 1.08. The SMILES string of the molecule is c1ccc(-c2nc(-c3ccc(-n4c5ccccc5c5cc6ccccc6cc54)cc3)nc(-c3ccc4c5c(cccc35)-c3ccccc3-4)n2)cc1. The minimum atomic E-state index is 0.644. The molecule has 51 heavy (non-hydrogen) atoms. The Morgan fingerprint density at radius 1 is 0.333 bits per heavy atom. The fourth-order valence-electron chi connectivity index (χ4n) is 8.04. The molecule has 0 unspecified atom stereocenters. The Morgan fingerprint density at radius 2 is 0.902 bits per heavy atom. The van der Waals surface area contributed by atoms with Gasteiger partial charge in [0.05, 0.1) is 11.0 Å². The number of hydrogen-bond acceptors (Lipinski definition) is 3. The van der Waals surface area contributed by atoms with Crippen LogP contribution in [-0.2, 0) is 0 Å². The number of para-hydroxylation sites is 1. The molecule has 8 aromatic carbocycles. The summed E-state index contributed by atoms with van der Waals surface area (Å²) in [6.45, 7) is 0. The highest BCUT2D eigenvalue weighted by molar-refractivity contribution is 6.18. The zero-order chi connectivity index (χ0) is 33.5. The summed E-state index contributed by atoms with van der Waals surface area (Å²) < 4.78 is 2.36. The predicted octanol–water partition coefficient (Wildman–Crippen LogP) is 11.9. The number of fused-ring (bicyclic) bond motifs is 7. The first-order chi connectivity index (χ1) is 25.3. The fraction of sp³-hybridized carbons (Fsp3) is 0. The van der Waals surface area contributed by atoms with Crippen LogP contribution < -0.4 is 0 Å². The van der Waals surface area contributed by atoms with Gasteiger partial charge < -0.3 is 4.57 Å². The minimum absolute atomic E-state index is 0.644. The Morgan fingerprint density at radius 3 is 1.69 bits per heavy atom. The summed E-state index contributed by atoms with van der Waals surface area (Å²) in [4.78, 5) is 15.3. The average molecular weight is 649 g/mol. The van der Waals surface area contributed by atoms with Crippen molar-refractivity contribution < 1.29 is 0 Å². The monoisotopic (exact) mass is 648 g/mol. The van der Waals surface area contributed by atoms with Crippen LogP contribution in [0.15, 0.2) is 170 Å². The maximum absolute atomic E-state index is 5.18. The first-order valence-electron chi connectivity index (χ1n) is 17.3. The maximum atomic E-state index is 5.18. The second-order valence-electron chi connectivity index (χ2n) is 13.2. The molecule has 1 aliphatic rings. The van der Waals surface area contributed by atoms with Gasteiger partial charge in [0.1, 0.15) is 0 Å². The summed E-state index contributed by atoms with van der Waals surface area (Å²) in [5.41, 5.74) is 11.4. The number of aromatic nitrogens is 4. The highest BCUT2D eigenvalue weighted by atomic mass is 15.0. The van der Waals surface area contributed by atoms with Crippen LogP contribution in [0.2, 0.25) is 0 Å². The van der Waals surface area contributed by atoms with Gasteiger partial charge in [-0.15, -0.1) is 0 Å². The van der Waals surface area contributed by atoms with E-state index >= 15 is 0 Å². The van der Waals surface area contributed by atoms with E-state index in [0.29, 0.717) is 17.5 Å². The molecule has 1 aliphatic carbocycles. The molecule has 236 valence electrons.